The SMILES string of the molecule is OC(CNC1CC2CCC1C2)c1cccc(Br)c1. The van der Waals surface area contributed by atoms with Crippen LogP contribution in [0.15, 0.2) is 28.7 Å². The van der Waals surface area contributed by atoms with Crippen LogP contribution in [0.25, 0.3) is 0 Å². The van der Waals surface area contributed by atoms with Gasteiger partial charge in [-0.3, -0.25) is 0 Å². The monoisotopic (exact) mass is 309 g/mol. The number of halogens is 1. The first kappa shape index (κ1) is 12.6. The maximum Gasteiger partial charge on any atom is 0.0914 e. The van der Waals surface area contributed by atoms with Crippen LogP contribution >= 0.6 is 15.9 Å². The molecule has 0 saturated heterocycles. The highest BCUT2D eigenvalue weighted by molar-refractivity contribution is 9.10. The first-order valence-electron chi connectivity index (χ1n) is 6.89. The Balaban J connectivity index is 1.54. The molecule has 2 saturated carbocycles. The van der Waals surface area contributed by atoms with Gasteiger partial charge in [0.15, 0.2) is 0 Å². The fourth-order valence-corrected chi connectivity index (χ4v) is 4.01. The predicted octanol–water partition coefficient (Wildman–Crippen LogP) is 3.26. The average molecular weight is 310 g/mol. The molecule has 0 amide bonds. The van der Waals surface area contributed by atoms with E-state index in [0.717, 1.165) is 21.9 Å². The Morgan fingerprint density at radius 1 is 1.33 bits per heavy atom. The Labute approximate surface area is 117 Å². The fraction of sp³-hybridized carbons (Fsp3) is 0.600. The van der Waals surface area contributed by atoms with E-state index in [1.54, 1.807) is 0 Å². The molecule has 2 fully saturated rings. The topological polar surface area (TPSA) is 32.3 Å². The molecule has 2 aliphatic rings. The molecule has 2 aliphatic carbocycles. The molecule has 0 radical (unpaired) electrons. The molecule has 18 heavy (non-hydrogen) atoms. The second kappa shape index (κ2) is 5.32. The minimum atomic E-state index is -0.401. The minimum absolute atomic E-state index is 0.401. The lowest BCUT2D eigenvalue weighted by Gasteiger charge is -2.24. The molecule has 2 N–H and O–H groups in total. The van der Waals surface area contributed by atoms with Gasteiger partial charge in [-0.1, -0.05) is 34.5 Å². The van der Waals surface area contributed by atoms with Crippen LogP contribution in [0.3, 0.4) is 0 Å². The van der Waals surface area contributed by atoms with Crippen LogP contribution in [-0.2, 0) is 0 Å². The third kappa shape index (κ3) is 2.63. The molecule has 0 aromatic heterocycles. The lowest BCUT2D eigenvalue weighted by molar-refractivity contribution is 0.163. The Morgan fingerprint density at radius 3 is 2.89 bits per heavy atom. The van der Waals surface area contributed by atoms with Gasteiger partial charge >= 0.3 is 0 Å². The first-order chi connectivity index (χ1) is 8.72. The van der Waals surface area contributed by atoms with E-state index in [0.29, 0.717) is 12.6 Å². The van der Waals surface area contributed by atoms with Gasteiger partial charge in [-0.25, -0.2) is 0 Å². The van der Waals surface area contributed by atoms with Crippen LogP contribution in [0.4, 0.5) is 0 Å². The highest BCUT2D eigenvalue weighted by Crippen LogP contribution is 2.44. The number of hydrogen-bond donors (Lipinski definition) is 2. The molecule has 1 aromatic rings. The van der Waals surface area contributed by atoms with Crippen molar-refractivity contribution in [2.75, 3.05) is 6.54 Å². The molecule has 0 aliphatic heterocycles. The van der Waals surface area contributed by atoms with E-state index in [4.69, 9.17) is 0 Å². The Morgan fingerprint density at radius 2 is 2.22 bits per heavy atom. The third-order valence-electron chi connectivity index (χ3n) is 4.54. The highest BCUT2D eigenvalue weighted by Gasteiger charge is 2.39. The second-order valence-electron chi connectivity index (χ2n) is 5.76. The quantitative estimate of drug-likeness (QED) is 0.895. The Kier molecular flexibility index (Phi) is 3.73. The fourth-order valence-electron chi connectivity index (χ4n) is 3.59. The zero-order valence-electron chi connectivity index (χ0n) is 10.5. The summed E-state index contributed by atoms with van der Waals surface area (Å²) >= 11 is 3.44. The molecule has 3 heteroatoms. The number of fused-ring (bicyclic) bond motifs is 2. The number of aliphatic hydroxyl groups is 1. The smallest absolute Gasteiger partial charge is 0.0914 e. The number of rotatable bonds is 4. The van der Waals surface area contributed by atoms with Crippen LogP contribution in [0, 0.1) is 11.8 Å². The van der Waals surface area contributed by atoms with Crippen molar-refractivity contribution < 1.29 is 5.11 Å². The van der Waals surface area contributed by atoms with Gasteiger partial charge in [0.1, 0.15) is 0 Å². The molecule has 2 nitrogen and oxygen atoms in total. The van der Waals surface area contributed by atoms with Crippen LogP contribution < -0.4 is 5.32 Å². The Bertz CT molecular complexity index is 423. The normalized spacial score (nSPS) is 31.8. The van der Waals surface area contributed by atoms with Gasteiger partial charge in [0.05, 0.1) is 6.10 Å². The van der Waals surface area contributed by atoms with Gasteiger partial charge in [-0.2, -0.15) is 0 Å². The minimum Gasteiger partial charge on any atom is -0.387 e. The number of hydrogen-bond acceptors (Lipinski definition) is 2. The van der Waals surface area contributed by atoms with Gasteiger partial charge in [-0.15, -0.1) is 0 Å². The Hall–Kier alpha value is -0.380. The van der Waals surface area contributed by atoms with E-state index in [1.807, 2.05) is 24.3 Å². The molecule has 2 bridgehead atoms. The summed E-state index contributed by atoms with van der Waals surface area (Å²) in [6, 6.07) is 8.58. The largest absolute Gasteiger partial charge is 0.387 e. The van der Waals surface area contributed by atoms with Crippen LogP contribution in [0.2, 0.25) is 0 Å². The zero-order chi connectivity index (χ0) is 12.5. The van der Waals surface area contributed by atoms with Gasteiger partial charge in [0.2, 0.25) is 0 Å². The van der Waals surface area contributed by atoms with Crippen molar-refractivity contribution in [2.45, 2.75) is 37.8 Å². The average Bonchev–Trinajstić information content (AvgIpc) is 2.98. The van der Waals surface area contributed by atoms with Crippen LogP contribution in [0.1, 0.15) is 37.4 Å². The van der Waals surface area contributed by atoms with Crippen molar-refractivity contribution in [2.24, 2.45) is 11.8 Å². The summed E-state index contributed by atoms with van der Waals surface area (Å²) in [5.41, 5.74) is 0.986. The van der Waals surface area contributed by atoms with Gasteiger partial charge in [0.25, 0.3) is 0 Å². The van der Waals surface area contributed by atoms with Crippen molar-refractivity contribution in [1.82, 2.24) is 5.32 Å². The van der Waals surface area contributed by atoms with E-state index in [-0.39, 0.29) is 0 Å². The molecule has 4 atom stereocenters. The molecule has 4 unspecified atom stereocenters. The summed E-state index contributed by atoms with van der Waals surface area (Å²) in [5, 5.41) is 13.8. The van der Waals surface area contributed by atoms with E-state index in [1.165, 1.54) is 25.7 Å². The van der Waals surface area contributed by atoms with E-state index >= 15 is 0 Å². The number of aliphatic hydroxyl groups excluding tert-OH is 1. The molecule has 98 valence electrons. The maximum absolute atomic E-state index is 10.2. The summed E-state index contributed by atoms with van der Waals surface area (Å²) in [4.78, 5) is 0. The lowest BCUT2D eigenvalue weighted by Crippen LogP contribution is -2.36. The maximum atomic E-state index is 10.2. The van der Waals surface area contributed by atoms with E-state index in [2.05, 4.69) is 21.2 Å². The highest BCUT2D eigenvalue weighted by atomic mass is 79.9. The standard InChI is InChI=1S/C15H20BrNO/c16-13-3-1-2-12(8-13)15(18)9-17-14-7-10-4-5-11(14)6-10/h1-3,8,10-11,14-15,17-18H,4-7,9H2. The summed E-state index contributed by atoms with van der Waals surface area (Å²) in [7, 11) is 0. The molecule has 0 spiro atoms. The summed E-state index contributed by atoms with van der Waals surface area (Å²) in [6.07, 6.45) is 5.13. The van der Waals surface area contributed by atoms with Gasteiger partial charge < -0.3 is 10.4 Å². The van der Waals surface area contributed by atoms with E-state index in [9.17, 15) is 5.11 Å². The van der Waals surface area contributed by atoms with Gasteiger partial charge in [0, 0.05) is 17.1 Å². The van der Waals surface area contributed by atoms with Crippen molar-refractivity contribution >= 4 is 15.9 Å². The summed E-state index contributed by atoms with van der Waals surface area (Å²) < 4.78 is 1.03. The molecule has 3 rings (SSSR count). The zero-order valence-corrected chi connectivity index (χ0v) is 12.1. The van der Waals surface area contributed by atoms with Crippen molar-refractivity contribution in [3.8, 4) is 0 Å². The van der Waals surface area contributed by atoms with Crippen LogP contribution in [0.5, 0.6) is 0 Å². The third-order valence-corrected chi connectivity index (χ3v) is 5.04. The second-order valence-corrected chi connectivity index (χ2v) is 6.68. The first-order valence-corrected chi connectivity index (χ1v) is 7.68. The number of nitrogens with one attached hydrogen (secondary N) is 1. The molecular formula is C15H20BrNO. The van der Waals surface area contributed by atoms with Crippen LogP contribution in [-0.4, -0.2) is 17.7 Å². The molecular weight excluding hydrogens is 290 g/mol. The predicted molar refractivity (Wildman–Crippen MR) is 76.3 cm³/mol. The summed E-state index contributed by atoms with van der Waals surface area (Å²) in [6.45, 7) is 0.671. The summed E-state index contributed by atoms with van der Waals surface area (Å²) in [5.74, 6) is 1.82. The lowest BCUT2D eigenvalue weighted by atomic mass is 9.95. The van der Waals surface area contributed by atoms with E-state index < -0.39 is 6.10 Å². The van der Waals surface area contributed by atoms with Crippen molar-refractivity contribution in [3.63, 3.8) is 0 Å². The molecule has 0 heterocycles. The van der Waals surface area contributed by atoms with Crippen molar-refractivity contribution in [1.29, 1.82) is 0 Å². The number of benzene rings is 1. The molecule has 1 aromatic carbocycles. The van der Waals surface area contributed by atoms with Gasteiger partial charge in [-0.05, 0) is 48.8 Å². The van der Waals surface area contributed by atoms with Crippen molar-refractivity contribution in [3.05, 3.63) is 34.3 Å².